The van der Waals surface area contributed by atoms with Gasteiger partial charge in [-0.3, -0.25) is 4.98 Å². The fraction of sp³-hybridized carbons (Fsp3) is 0.102. The summed E-state index contributed by atoms with van der Waals surface area (Å²) >= 11 is 0. The van der Waals surface area contributed by atoms with Gasteiger partial charge in [-0.25, -0.2) is 0 Å². The fourth-order valence-corrected chi connectivity index (χ4v) is 10.9. The minimum Gasteiger partial charge on any atom is -0.310 e. The molecule has 9 aromatic carbocycles. The van der Waals surface area contributed by atoms with Crippen molar-refractivity contribution in [2.45, 2.75) is 38.5 Å². The molecule has 0 saturated carbocycles. The lowest BCUT2D eigenvalue weighted by atomic mass is 9.72. The van der Waals surface area contributed by atoms with E-state index < -0.39 is 0 Å². The summed E-state index contributed by atoms with van der Waals surface area (Å²) in [5.41, 5.74) is 17.8. The van der Waals surface area contributed by atoms with Crippen molar-refractivity contribution < 1.29 is 0 Å². The molecule has 0 radical (unpaired) electrons. The molecule has 2 aliphatic rings. The van der Waals surface area contributed by atoms with Crippen molar-refractivity contribution in [1.29, 1.82) is 0 Å². The number of anilines is 6. The molecule has 296 valence electrons. The van der Waals surface area contributed by atoms with Gasteiger partial charge in [0.1, 0.15) is 0 Å². The van der Waals surface area contributed by atoms with E-state index in [1.807, 2.05) is 0 Å². The van der Waals surface area contributed by atoms with Crippen LogP contribution in [0.25, 0.3) is 54.7 Å². The predicted molar refractivity (Wildman–Crippen MR) is 261 cm³/mol. The minimum atomic E-state index is -0.199. The van der Waals surface area contributed by atoms with Crippen molar-refractivity contribution in [3.05, 3.63) is 223 Å². The lowest BCUT2D eigenvalue weighted by Crippen LogP contribution is -2.30. The number of nitrogens with zero attached hydrogens (tertiary/aromatic N) is 3. The molecule has 0 fully saturated rings. The summed E-state index contributed by atoms with van der Waals surface area (Å²) < 4.78 is 0. The van der Waals surface area contributed by atoms with E-state index >= 15 is 0 Å². The van der Waals surface area contributed by atoms with E-state index in [-0.39, 0.29) is 10.8 Å². The molecule has 62 heavy (non-hydrogen) atoms. The van der Waals surface area contributed by atoms with Gasteiger partial charge < -0.3 is 9.80 Å². The van der Waals surface area contributed by atoms with Gasteiger partial charge >= 0.3 is 0 Å². The normalized spacial score (nSPS) is 14.6. The van der Waals surface area contributed by atoms with E-state index in [1.165, 1.54) is 83.4 Å². The van der Waals surface area contributed by atoms with Gasteiger partial charge in [0.05, 0.1) is 28.3 Å². The Morgan fingerprint density at radius 1 is 0.355 bits per heavy atom. The number of para-hydroxylation sites is 5. The SMILES string of the molecule is CC1(C)c2ccccc2N(c2ccccc2)c2cc(-c3c4ccccc4c(-c4ccc5c(c4)N(c4ccccc4)c4ccccc4C5(C)C)c4c3cnc3ccccc34)ccc21. The topological polar surface area (TPSA) is 19.4 Å². The Labute approximate surface area is 363 Å². The minimum absolute atomic E-state index is 0.198. The van der Waals surface area contributed by atoms with Crippen LogP contribution in [0.5, 0.6) is 0 Å². The first-order chi connectivity index (χ1) is 30.3. The molecule has 3 heteroatoms. The number of pyridine rings is 1. The highest BCUT2D eigenvalue weighted by Crippen LogP contribution is 2.56. The molecule has 3 heterocycles. The molecule has 0 amide bonds. The van der Waals surface area contributed by atoms with Gasteiger partial charge in [0.15, 0.2) is 0 Å². The average molecular weight is 796 g/mol. The van der Waals surface area contributed by atoms with Gasteiger partial charge in [-0.1, -0.05) is 167 Å². The van der Waals surface area contributed by atoms with E-state index in [9.17, 15) is 0 Å². The maximum absolute atomic E-state index is 5.19. The maximum Gasteiger partial charge on any atom is 0.0708 e. The maximum atomic E-state index is 5.19. The van der Waals surface area contributed by atoms with Crippen LogP contribution in [0, 0.1) is 0 Å². The van der Waals surface area contributed by atoms with Crippen LogP contribution < -0.4 is 9.80 Å². The second kappa shape index (κ2) is 13.5. The van der Waals surface area contributed by atoms with Crippen molar-refractivity contribution in [1.82, 2.24) is 4.98 Å². The predicted octanol–water partition coefficient (Wildman–Crippen LogP) is 16.1. The van der Waals surface area contributed by atoms with Gasteiger partial charge in [0, 0.05) is 44.6 Å². The quantitative estimate of drug-likeness (QED) is 0.131. The van der Waals surface area contributed by atoms with Crippen molar-refractivity contribution >= 4 is 66.6 Å². The highest BCUT2D eigenvalue weighted by Gasteiger charge is 2.39. The Morgan fingerprint density at radius 2 is 0.774 bits per heavy atom. The van der Waals surface area contributed by atoms with Gasteiger partial charge in [0.2, 0.25) is 0 Å². The smallest absolute Gasteiger partial charge is 0.0708 e. The largest absolute Gasteiger partial charge is 0.310 e. The molecular formula is C59H45N3. The molecule has 1 aromatic heterocycles. The summed E-state index contributed by atoms with van der Waals surface area (Å²) in [6.45, 7) is 9.45. The van der Waals surface area contributed by atoms with E-state index in [2.05, 4.69) is 238 Å². The lowest BCUT2D eigenvalue weighted by molar-refractivity contribution is 0.632. The summed E-state index contributed by atoms with van der Waals surface area (Å²) in [5, 5.41) is 5.93. The van der Waals surface area contributed by atoms with Crippen LogP contribution in [-0.4, -0.2) is 4.98 Å². The fourth-order valence-electron chi connectivity index (χ4n) is 10.9. The third-order valence-electron chi connectivity index (χ3n) is 13.8. The van der Waals surface area contributed by atoms with Gasteiger partial charge in [-0.2, -0.15) is 0 Å². The highest BCUT2D eigenvalue weighted by atomic mass is 15.2. The summed E-state index contributed by atoms with van der Waals surface area (Å²) in [6.07, 6.45) is 2.13. The van der Waals surface area contributed by atoms with E-state index in [0.717, 1.165) is 27.7 Å². The van der Waals surface area contributed by atoms with Crippen molar-refractivity contribution in [3.8, 4) is 22.3 Å². The standard InChI is InChI=1S/C59H45N3/c1-58(2)46-26-14-17-29-51(46)61(40-19-7-5-8-20-40)53-35-38(31-33-48(53)58)55-42-23-11-12-24-43(42)56(57-44-25-13-16-28-50(44)60-37-45(55)57)39-32-34-49-54(36-39)62(41-21-9-6-10-22-41)52-30-18-15-27-47(52)59(49,3)4/h5-37H,1-4H3. The molecule has 0 unspecified atom stereocenters. The Kier molecular flexibility index (Phi) is 7.92. The third-order valence-corrected chi connectivity index (χ3v) is 13.8. The van der Waals surface area contributed by atoms with Gasteiger partial charge in [-0.15, -0.1) is 0 Å². The number of rotatable bonds is 4. The average Bonchev–Trinajstić information content (AvgIpc) is 3.31. The van der Waals surface area contributed by atoms with Crippen LogP contribution in [0.15, 0.2) is 200 Å². The van der Waals surface area contributed by atoms with E-state index in [1.54, 1.807) is 0 Å². The van der Waals surface area contributed by atoms with Gasteiger partial charge in [0.25, 0.3) is 0 Å². The summed E-state index contributed by atoms with van der Waals surface area (Å²) in [4.78, 5) is 10.1. The first kappa shape index (κ1) is 36.4. The monoisotopic (exact) mass is 795 g/mol. The summed E-state index contributed by atoms with van der Waals surface area (Å²) in [5.74, 6) is 0. The van der Waals surface area contributed by atoms with E-state index in [0.29, 0.717) is 0 Å². The highest BCUT2D eigenvalue weighted by molar-refractivity contribution is 6.27. The van der Waals surface area contributed by atoms with Crippen LogP contribution in [0.4, 0.5) is 34.1 Å². The first-order valence-corrected chi connectivity index (χ1v) is 21.7. The van der Waals surface area contributed by atoms with Crippen LogP contribution in [0.1, 0.15) is 49.9 Å². The molecule has 0 N–H and O–H groups in total. The molecule has 0 atom stereocenters. The second-order valence-electron chi connectivity index (χ2n) is 17.9. The molecule has 0 spiro atoms. The molecule has 10 aromatic rings. The van der Waals surface area contributed by atoms with Crippen LogP contribution >= 0.6 is 0 Å². The number of benzene rings is 9. The molecule has 2 aliphatic heterocycles. The summed E-state index contributed by atoms with van der Waals surface area (Å²) in [6, 6.07) is 71.5. The lowest BCUT2D eigenvalue weighted by Gasteiger charge is -2.42. The molecular weight excluding hydrogens is 751 g/mol. The van der Waals surface area contributed by atoms with E-state index in [4.69, 9.17) is 4.98 Å². The number of hydrogen-bond acceptors (Lipinski definition) is 3. The van der Waals surface area contributed by atoms with Gasteiger partial charge in [-0.05, 0) is 110 Å². The molecule has 0 bridgehead atoms. The van der Waals surface area contributed by atoms with Crippen molar-refractivity contribution in [2.75, 3.05) is 9.80 Å². The second-order valence-corrected chi connectivity index (χ2v) is 17.9. The van der Waals surface area contributed by atoms with Crippen LogP contribution in [0.2, 0.25) is 0 Å². The number of aromatic nitrogens is 1. The Bertz CT molecular complexity index is 3420. The van der Waals surface area contributed by atoms with Crippen molar-refractivity contribution in [2.24, 2.45) is 0 Å². The first-order valence-electron chi connectivity index (χ1n) is 21.7. The molecule has 3 nitrogen and oxygen atoms in total. The Hall–Kier alpha value is -7.49. The third kappa shape index (κ3) is 5.21. The zero-order valence-corrected chi connectivity index (χ0v) is 35.4. The number of fused-ring (bicyclic) bond motifs is 8. The number of hydrogen-bond donors (Lipinski definition) is 0. The molecule has 0 saturated heterocycles. The van der Waals surface area contributed by atoms with Crippen LogP contribution in [-0.2, 0) is 10.8 Å². The molecule has 12 rings (SSSR count). The summed E-state index contributed by atoms with van der Waals surface area (Å²) in [7, 11) is 0. The van der Waals surface area contributed by atoms with Crippen molar-refractivity contribution in [3.63, 3.8) is 0 Å². The zero-order valence-electron chi connectivity index (χ0n) is 35.4. The van der Waals surface area contributed by atoms with Crippen LogP contribution in [0.3, 0.4) is 0 Å². The Balaban J connectivity index is 1.15. The molecule has 0 aliphatic carbocycles. The zero-order chi connectivity index (χ0) is 41.7. The Morgan fingerprint density at radius 3 is 1.32 bits per heavy atom.